The number of hydrogen-bond acceptors (Lipinski definition) is 8. The maximum Gasteiger partial charge on any atom is 0.245 e. The Morgan fingerprint density at radius 1 is 1.15 bits per heavy atom. The summed E-state index contributed by atoms with van der Waals surface area (Å²) in [6, 6.07) is 4.01. The van der Waals surface area contributed by atoms with Gasteiger partial charge >= 0.3 is 0 Å². The molecule has 0 radical (unpaired) electrons. The number of methoxy groups -OCH3 is 1. The first-order chi connectivity index (χ1) is 18.7. The Balaban J connectivity index is 1.45. The van der Waals surface area contributed by atoms with Crippen molar-refractivity contribution in [3.05, 3.63) is 58.8 Å². The van der Waals surface area contributed by atoms with E-state index in [0.717, 1.165) is 52.8 Å². The van der Waals surface area contributed by atoms with Crippen LogP contribution in [0.25, 0.3) is 15.8 Å². The SMILES string of the molecule is COCCS(=O)(=O)C(C(=O)NCC(=O)NC1CC1)c1nc2cc(C)c(C3=CN=C(C4CC4)/C=C/C=C3)cc2s1. The maximum atomic E-state index is 13.3. The van der Waals surface area contributed by atoms with E-state index in [-0.39, 0.29) is 35.9 Å². The Morgan fingerprint density at radius 3 is 2.64 bits per heavy atom. The standard InChI is InChI=1S/C28H32N4O5S2/c1-17-13-23-24(14-21(17)19-5-3-4-6-22(29-15-19)18-7-8-18)38-28(32-23)26(39(35,36)12-11-37-2)27(34)30-16-25(33)31-20-9-10-20/h3-6,13-15,18,20,26H,7-12,16H2,1-2H3,(H,30,34)(H,31,33)/b4-3?,5-3?,6-4+,19-5?,19-15?,22-6?,29-15?,29-22?. The van der Waals surface area contributed by atoms with Crippen molar-refractivity contribution in [2.45, 2.75) is 43.9 Å². The molecule has 1 aromatic heterocycles. The van der Waals surface area contributed by atoms with Crippen LogP contribution in [0.3, 0.4) is 0 Å². The summed E-state index contributed by atoms with van der Waals surface area (Å²) in [7, 11) is -2.57. The molecule has 2 saturated carbocycles. The minimum absolute atomic E-state index is 0.0548. The third-order valence-corrected chi connectivity index (χ3v) is 9.95. The molecule has 206 valence electrons. The van der Waals surface area contributed by atoms with Crippen LogP contribution < -0.4 is 10.6 Å². The molecule has 9 nitrogen and oxygen atoms in total. The lowest BCUT2D eigenvalue weighted by molar-refractivity contribution is -0.126. The largest absolute Gasteiger partial charge is 0.384 e. The quantitative estimate of drug-likeness (QED) is 0.428. The first kappa shape index (κ1) is 27.4. The van der Waals surface area contributed by atoms with Gasteiger partial charge in [0.15, 0.2) is 15.1 Å². The third kappa shape index (κ3) is 6.71. The molecule has 2 heterocycles. The number of carbonyl (C=O) groups excluding carboxylic acids is 2. The van der Waals surface area contributed by atoms with Gasteiger partial charge in [-0.25, -0.2) is 13.4 Å². The minimum Gasteiger partial charge on any atom is -0.384 e. The number of aryl methyl sites for hydroxylation is 1. The minimum atomic E-state index is -3.97. The van der Waals surface area contributed by atoms with Crippen molar-refractivity contribution in [3.8, 4) is 0 Å². The first-order valence-corrected chi connectivity index (χ1v) is 15.6. The second-order valence-electron chi connectivity index (χ2n) is 10.1. The number of fused-ring (bicyclic) bond motifs is 1. The zero-order valence-corrected chi connectivity index (χ0v) is 23.6. The number of aromatic nitrogens is 1. The van der Waals surface area contributed by atoms with E-state index in [9.17, 15) is 18.0 Å². The lowest BCUT2D eigenvalue weighted by atomic mass is 10.00. The van der Waals surface area contributed by atoms with E-state index >= 15 is 0 Å². The van der Waals surface area contributed by atoms with Crippen LogP contribution >= 0.6 is 11.3 Å². The number of ether oxygens (including phenoxy) is 1. The molecule has 0 saturated heterocycles. The Bertz CT molecular complexity index is 1510. The highest BCUT2D eigenvalue weighted by molar-refractivity contribution is 7.92. The monoisotopic (exact) mass is 568 g/mol. The number of thiazole rings is 1. The molecule has 1 atom stereocenters. The lowest BCUT2D eigenvalue weighted by Gasteiger charge is -2.15. The molecule has 2 N–H and O–H groups in total. The van der Waals surface area contributed by atoms with Crippen LogP contribution in [0.5, 0.6) is 0 Å². The smallest absolute Gasteiger partial charge is 0.245 e. The summed E-state index contributed by atoms with van der Waals surface area (Å²) < 4.78 is 32.3. The molecule has 39 heavy (non-hydrogen) atoms. The predicted octanol–water partition coefficient (Wildman–Crippen LogP) is 3.42. The molecule has 11 heteroatoms. The number of sulfone groups is 1. The maximum absolute atomic E-state index is 13.3. The van der Waals surface area contributed by atoms with E-state index in [0.29, 0.717) is 11.4 Å². The number of allylic oxidation sites excluding steroid dienone is 5. The predicted molar refractivity (Wildman–Crippen MR) is 153 cm³/mol. The van der Waals surface area contributed by atoms with Gasteiger partial charge in [-0.15, -0.1) is 11.3 Å². The summed E-state index contributed by atoms with van der Waals surface area (Å²) >= 11 is 1.17. The third-order valence-electron chi connectivity index (χ3n) is 6.82. The van der Waals surface area contributed by atoms with Crippen LogP contribution in [-0.2, 0) is 24.2 Å². The van der Waals surface area contributed by atoms with Gasteiger partial charge in [0.05, 0.1) is 29.1 Å². The van der Waals surface area contributed by atoms with Crippen molar-refractivity contribution in [3.63, 3.8) is 0 Å². The van der Waals surface area contributed by atoms with E-state index < -0.39 is 21.0 Å². The van der Waals surface area contributed by atoms with E-state index in [1.807, 2.05) is 43.5 Å². The Hall–Kier alpha value is -3.15. The zero-order chi connectivity index (χ0) is 27.6. The van der Waals surface area contributed by atoms with Gasteiger partial charge in [0, 0.05) is 36.6 Å². The van der Waals surface area contributed by atoms with Crippen LogP contribution in [0.4, 0.5) is 0 Å². The molecule has 0 bridgehead atoms. The normalized spacial score (nSPS) is 19.0. The average molecular weight is 569 g/mol. The zero-order valence-electron chi connectivity index (χ0n) is 22.0. The van der Waals surface area contributed by atoms with Gasteiger partial charge < -0.3 is 15.4 Å². The van der Waals surface area contributed by atoms with Gasteiger partial charge in [-0.3, -0.25) is 14.6 Å². The van der Waals surface area contributed by atoms with Gasteiger partial charge in [0.25, 0.3) is 0 Å². The number of rotatable bonds is 11. The van der Waals surface area contributed by atoms with Crippen LogP contribution in [0, 0.1) is 12.8 Å². The molecule has 1 aliphatic heterocycles. The molecule has 2 amide bonds. The summed E-state index contributed by atoms with van der Waals surface area (Å²) in [5.74, 6) is -0.928. The summed E-state index contributed by atoms with van der Waals surface area (Å²) in [6.45, 7) is 1.62. The average Bonchev–Trinajstić information content (AvgIpc) is 3.81. The van der Waals surface area contributed by atoms with E-state index in [2.05, 4.69) is 21.7 Å². The van der Waals surface area contributed by atoms with E-state index in [1.165, 1.54) is 18.4 Å². The van der Waals surface area contributed by atoms with Crippen LogP contribution in [0.2, 0.25) is 0 Å². The number of benzene rings is 1. The first-order valence-electron chi connectivity index (χ1n) is 13.1. The second kappa shape index (κ2) is 11.5. The summed E-state index contributed by atoms with van der Waals surface area (Å²) in [6.07, 6.45) is 14.1. The van der Waals surface area contributed by atoms with Gasteiger partial charge in [0.1, 0.15) is 5.01 Å². The van der Waals surface area contributed by atoms with E-state index in [4.69, 9.17) is 9.73 Å². The van der Waals surface area contributed by atoms with Crippen LogP contribution in [-0.4, -0.2) is 63.0 Å². The molecule has 2 aliphatic carbocycles. The Kier molecular flexibility index (Phi) is 8.11. The van der Waals surface area contributed by atoms with Crippen LogP contribution in [0.15, 0.2) is 47.6 Å². The van der Waals surface area contributed by atoms with Crippen molar-refractivity contribution < 1.29 is 22.7 Å². The number of carbonyl (C=O) groups is 2. The Morgan fingerprint density at radius 2 is 1.92 bits per heavy atom. The summed E-state index contributed by atoms with van der Waals surface area (Å²) in [4.78, 5) is 34.6. The van der Waals surface area contributed by atoms with Gasteiger partial charge in [-0.2, -0.15) is 0 Å². The molecule has 5 rings (SSSR count). The summed E-state index contributed by atoms with van der Waals surface area (Å²) in [5.41, 5.74) is 4.55. The second-order valence-corrected chi connectivity index (χ2v) is 13.4. The topological polar surface area (TPSA) is 127 Å². The van der Waals surface area contributed by atoms with Gasteiger partial charge in [-0.05, 0) is 61.9 Å². The van der Waals surface area contributed by atoms with Crippen molar-refractivity contribution in [1.29, 1.82) is 0 Å². The van der Waals surface area contributed by atoms with Crippen molar-refractivity contribution >= 4 is 54.5 Å². The molecular formula is C28H32N4O5S2. The van der Waals surface area contributed by atoms with Crippen molar-refractivity contribution in [1.82, 2.24) is 15.6 Å². The number of nitrogens with zero attached hydrogens (tertiary/aromatic N) is 2. The fraction of sp³-hybridized carbons (Fsp3) is 0.429. The highest BCUT2D eigenvalue weighted by Gasteiger charge is 2.37. The highest BCUT2D eigenvalue weighted by atomic mass is 32.2. The highest BCUT2D eigenvalue weighted by Crippen LogP contribution is 2.36. The van der Waals surface area contributed by atoms with Crippen molar-refractivity contribution in [2.75, 3.05) is 26.0 Å². The van der Waals surface area contributed by atoms with Gasteiger partial charge in [0.2, 0.25) is 11.8 Å². The number of aliphatic imine (C=N–C) groups is 1. The molecule has 1 aromatic carbocycles. The molecule has 1 unspecified atom stereocenters. The van der Waals surface area contributed by atoms with Gasteiger partial charge in [-0.1, -0.05) is 18.2 Å². The number of nitrogens with one attached hydrogen (secondary N) is 2. The van der Waals surface area contributed by atoms with E-state index in [1.54, 1.807) is 0 Å². The number of amides is 2. The summed E-state index contributed by atoms with van der Waals surface area (Å²) in [5, 5.41) is 3.91. The van der Waals surface area contributed by atoms with Crippen molar-refractivity contribution in [2.24, 2.45) is 10.9 Å². The molecule has 2 fully saturated rings. The molecule has 3 aliphatic rings. The lowest BCUT2D eigenvalue weighted by Crippen LogP contribution is -2.41. The fourth-order valence-corrected chi connectivity index (χ4v) is 7.31. The molecular weight excluding hydrogens is 536 g/mol. The van der Waals surface area contributed by atoms with Crippen LogP contribution in [0.1, 0.15) is 47.1 Å². The molecule has 0 spiro atoms. The fourth-order valence-electron chi connectivity index (χ4n) is 4.36. The molecule has 2 aromatic rings. The Labute approximate surface area is 232 Å². The number of hydrogen-bond donors (Lipinski definition) is 2.